The number of likely N-dealkylation sites (tertiary alicyclic amines) is 1. The molecule has 1 aliphatic heterocycles. The molecule has 2 heteroatoms. The van der Waals surface area contributed by atoms with Crippen molar-refractivity contribution in [2.45, 2.75) is 56.8 Å². The van der Waals surface area contributed by atoms with Crippen LogP contribution in [0, 0.1) is 5.92 Å². The molecular formula is C21H34NO+. The van der Waals surface area contributed by atoms with Gasteiger partial charge in [-0.1, -0.05) is 43.2 Å². The molecule has 2 nitrogen and oxygen atoms in total. The number of hydrogen-bond acceptors (Lipinski definition) is 1. The van der Waals surface area contributed by atoms with Crippen molar-refractivity contribution in [1.29, 1.82) is 0 Å². The van der Waals surface area contributed by atoms with Gasteiger partial charge in [-0.3, -0.25) is 0 Å². The van der Waals surface area contributed by atoms with Crippen molar-refractivity contribution in [3.63, 3.8) is 0 Å². The molecule has 1 N–H and O–H groups in total. The summed E-state index contributed by atoms with van der Waals surface area (Å²) in [6, 6.07) is 10.9. The molecule has 2 aliphatic rings. The number of hydrogen-bond donors (Lipinski definition) is 1. The lowest BCUT2D eigenvalue weighted by atomic mass is 9.67. The Bertz CT molecular complexity index is 474. The molecule has 1 atom stereocenters. The highest BCUT2D eigenvalue weighted by Gasteiger charge is 2.42. The summed E-state index contributed by atoms with van der Waals surface area (Å²) >= 11 is 0. The third-order valence-corrected chi connectivity index (χ3v) is 6.76. The highest BCUT2D eigenvalue weighted by Crippen LogP contribution is 2.45. The third-order valence-electron chi connectivity index (χ3n) is 6.76. The normalized spacial score (nSPS) is 24.4. The lowest BCUT2D eigenvalue weighted by Gasteiger charge is -2.44. The summed E-state index contributed by atoms with van der Waals surface area (Å²) in [7, 11) is 2.43. The van der Waals surface area contributed by atoms with E-state index in [1.807, 2.05) is 0 Å². The van der Waals surface area contributed by atoms with E-state index in [1.54, 1.807) is 0 Å². The van der Waals surface area contributed by atoms with Crippen LogP contribution in [-0.2, 0) is 5.41 Å². The van der Waals surface area contributed by atoms with Crippen molar-refractivity contribution in [3.05, 3.63) is 35.9 Å². The standard InChI is InChI=1S/C21H34NO/c1-22(15-8-3-9-16-22)17-14-21(18-23,20-12-6-7-13-20)19-10-4-2-5-11-19/h2,4-5,10-11,20,23H,3,6-9,12-18H2,1H3/q+1/t21-/m1/s1. The monoisotopic (exact) mass is 316 g/mol. The molecule has 0 bridgehead atoms. The predicted octanol–water partition coefficient (Wildman–Crippen LogP) is 4.13. The summed E-state index contributed by atoms with van der Waals surface area (Å²) in [6.45, 7) is 4.16. The molecule has 0 amide bonds. The van der Waals surface area contributed by atoms with Gasteiger partial charge in [-0.15, -0.1) is 0 Å². The molecule has 2 fully saturated rings. The van der Waals surface area contributed by atoms with E-state index in [0.29, 0.717) is 12.5 Å². The largest absolute Gasteiger partial charge is 0.395 e. The summed E-state index contributed by atoms with van der Waals surface area (Å²) in [4.78, 5) is 0. The first-order chi connectivity index (χ1) is 11.2. The van der Waals surface area contributed by atoms with E-state index in [1.165, 1.54) is 74.6 Å². The molecule has 3 rings (SSSR count). The second kappa shape index (κ2) is 7.36. The lowest BCUT2D eigenvalue weighted by Crippen LogP contribution is -2.51. The molecule has 1 aromatic rings. The van der Waals surface area contributed by atoms with Crippen molar-refractivity contribution in [3.8, 4) is 0 Å². The number of benzene rings is 1. The minimum Gasteiger partial charge on any atom is -0.395 e. The van der Waals surface area contributed by atoms with E-state index in [9.17, 15) is 5.11 Å². The van der Waals surface area contributed by atoms with Crippen LogP contribution < -0.4 is 0 Å². The number of aliphatic hydroxyl groups is 1. The van der Waals surface area contributed by atoms with Crippen LogP contribution in [0.1, 0.15) is 56.9 Å². The topological polar surface area (TPSA) is 20.2 Å². The Hall–Kier alpha value is -0.860. The van der Waals surface area contributed by atoms with Crippen LogP contribution in [0.5, 0.6) is 0 Å². The van der Waals surface area contributed by atoms with E-state index in [2.05, 4.69) is 37.4 Å². The lowest BCUT2D eigenvalue weighted by molar-refractivity contribution is -0.914. The van der Waals surface area contributed by atoms with Crippen LogP contribution in [0.3, 0.4) is 0 Å². The third kappa shape index (κ3) is 3.64. The molecule has 1 saturated carbocycles. The quantitative estimate of drug-likeness (QED) is 0.783. The van der Waals surface area contributed by atoms with Gasteiger partial charge in [-0.2, -0.15) is 0 Å². The van der Waals surface area contributed by atoms with Gasteiger partial charge in [-0.05, 0) is 43.6 Å². The highest BCUT2D eigenvalue weighted by atomic mass is 16.3. The number of rotatable bonds is 6. The average molecular weight is 317 g/mol. The summed E-state index contributed by atoms with van der Waals surface area (Å²) in [5.41, 5.74) is 1.36. The van der Waals surface area contributed by atoms with E-state index in [0.717, 1.165) is 6.42 Å². The van der Waals surface area contributed by atoms with Gasteiger partial charge in [0.15, 0.2) is 0 Å². The van der Waals surface area contributed by atoms with Gasteiger partial charge in [0.05, 0.1) is 33.3 Å². The molecule has 0 unspecified atom stereocenters. The second-order valence-electron chi connectivity index (χ2n) is 8.26. The van der Waals surface area contributed by atoms with Crippen molar-refractivity contribution in [1.82, 2.24) is 0 Å². The van der Waals surface area contributed by atoms with Crippen LogP contribution in [0.15, 0.2) is 30.3 Å². The van der Waals surface area contributed by atoms with Gasteiger partial charge < -0.3 is 9.59 Å². The van der Waals surface area contributed by atoms with Crippen LogP contribution in [0.2, 0.25) is 0 Å². The number of nitrogens with zero attached hydrogens (tertiary/aromatic N) is 1. The first-order valence-corrected chi connectivity index (χ1v) is 9.69. The Morgan fingerprint density at radius 1 is 1.00 bits per heavy atom. The minimum atomic E-state index is -0.0174. The first-order valence-electron chi connectivity index (χ1n) is 9.69. The van der Waals surface area contributed by atoms with Crippen LogP contribution in [0.4, 0.5) is 0 Å². The first kappa shape index (κ1) is 17.0. The smallest absolute Gasteiger partial charge is 0.0794 e. The van der Waals surface area contributed by atoms with E-state index in [4.69, 9.17) is 0 Å². The molecule has 1 saturated heterocycles. The number of piperidine rings is 1. The predicted molar refractivity (Wildman–Crippen MR) is 96.4 cm³/mol. The van der Waals surface area contributed by atoms with Gasteiger partial charge in [0.1, 0.15) is 0 Å². The molecular weight excluding hydrogens is 282 g/mol. The Morgan fingerprint density at radius 2 is 1.65 bits per heavy atom. The number of aliphatic hydroxyl groups excluding tert-OH is 1. The van der Waals surface area contributed by atoms with Crippen molar-refractivity contribution in [2.24, 2.45) is 5.92 Å². The molecule has 0 aromatic heterocycles. The Labute approximate surface area is 142 Å². The maximum Gasteiger partial charge on any atom is 0.0794 e. The Morgan fingerprint density at radius 3 is 2.26 bits per heavy atom. The number of quaternary nitrogens is 1. The van der Waals surface area contributed by atoms with Gasteiger partial charge in [0.2, 0.25) is 0 Å². The minimum absolute atomic E-state index is 0.0174. The molecule has 128 valence electrons. The zero-order valence-corrected chi connectivity index (χ0v) is 14.8. The second-order valence-corrected chi connectivity index (χ2v) is 8.26. The van der Waals surface area contributed by atoms with Gasteiger partial charge in [-0.25, -0.2) is 0 Å². The fourth-order valence-corrected chi connectivity index (χ4v) is 5.10. The zero-order chi connectivity index (χ0) is 16.2. The SMILES string of the molecule is C[N+]1(CC[C@@](CO)(c2ccccc2)C2CCCC2)CCCCC1. The van der Waals surface area contributed by atoms with Crippen molar-refractivity contribution in [2.75, 3.05) is 33.3 Å². The van der Waals surface area contributed by atoms with E-state index < -0.39 is 0 Å². The average Bonchev–Trinajstić information content (AvgIpc) is 3.13. The summed E-state index contributed by atoms with van der Waals surface area (Å²) in [5, 5.41) is 10.5. The van der Waals surface area contributed by atoms with Crippen molar-refractivity contribution >= 4 is 0 Å². The summed E-state index contributed by atoms with van der Waals surface area (Å²) in [6.07, 6.45) is 10.5. The van der Waals surface area contributed by atoms with Crippen molar-refractivity contribution < 1.29 is 9.59 Å². The summed E-state index contributed by atoms with van der Waals surface area (Å²) < 4.78 is 1.21. The van der Waals surface area contributed by atoms with Crippen LogP contribution in [-0.4, -0.2) is 42.9 Å². The molecule has 1 aromatic carbocycles. The Balaban J connectivity index is 1.82. The molecule has 1 heterocycles. The van der Waals surface area contributed by atoms with Crippen LogP contribution >= 0.6 is 0 Å². The molecule has 0 radical (unpaired) electrons. The zero-order valence-electron chi connectivity index (χ0n) is 14.8. The van der Waals surface area contributed by atoms with E-state index in [-0.39, 0.29) is 5.41 Å². The summed E-state index contributed by atoms with van der Waals surface area (Å²) in [5.74, 6) is 0.659. The van der Waals surface area contributed by atoms with E-state index >= 15 is 0 Å². The molecule has 23 heavy (non-hydrogen) atoms. The molecule has 0 spiro atoms. The van der Waals surface area contributed by atoms with Gasteiger partial charge >= 0.3 is 0 Å². The maximum absolute atomic E-state index is 10.5. The molecule has 1 aliphatic carbocycles. The fourth-order valence-electron chi connectivity index (χ4n) is 5.10. The van der Waals surface area contributed by atoms with Gasteiger partial charge in [0, 0.05) is 11.8 Å². The highest BCUT2D eigenvalue weighted by molar-refractivity contribution is 5.27. The maximum atomic E-state index is 10.5. The fraction of sp³-hybridized carbons (Fsp3) is 0.714. The van der Waals surface area contributed by atoms with Gasteiger partial charge in [0.25, 0.3) is 0 Å². The Kier molecular flexibility index (Phi) is 5.43. The van der Waals surface area contributed by atoms with Crippen LogP contribution in [0.25, 0.3) is 0 Å².